The van der Waals surface area contributed by atoms with Gasteiger partial charge in [-0.3, -0.25) is 4.57 Å². The quantitative estimate of drug-likeness (QED) is 0.168. The minimum Gasteiger partial charge on any atom is -0.307 e. The van der Waals surface area contributed by atoms with E-state index in [1.165, 1.54) is 38.5 Å². The maximum atomic E-state index is 5.43. The number of aromatic nitrogens is 5. The van der Waals surface area contributed by atoms with Gasteiger partial charge in [-0.1, -0.05) is 198 Å². The summed E-state index contributed by atoms with van der Waals surface area (Å²) in [5.74, 6) is 2.37. The summed E-state index contributed by atoms with van der Waals surface area (Å²) >= 11 is 0. The SMILES string of the molecule is CC1CC(C)(C)c2cc(-n3c4ccccc4c4ccc5c6ccccc6n(-c6nc(-c7ccc(-c8ccccc8)cc7)nc(-c7ccc(-c8ccccc8)cc7)n6)c5c43)ccc2C1(C)C. The summed E-state index contributed by atoms with van der Waals surface area (Å²) in [6.45, 7) is 12.1. The van der Waals surface area contributed by atoms with Crippen molar-refractivity contribution in [1.29, 1.82) is 0 Å². The average Bonchev–Trinajstić information content (AvgIpc) is 3.87. The Hall–Kier alpha value is -7.63. The van der Waals surface area contributed by atoms with Crippen LogP contribution in [-0.2, 0) is 10.8 Å². The Morgan fingerprint density at radius 1 is 0.415 bits per heavy atom. The molecule has 0 amide bonds. The van der Waals surface area contributed by atoms with Crippen LogP contribution in [0.5, 0.6) is 0 Å². The maximum Gasteiger partial charge on any atom is 0.238 e. The summed E-state index contributed by atoms with van der Waals surface area (Å²) in [5.41, 5.74) is 15.0. The average molecular weight is 840 g/mol. The molecule has 314 valence electrons. The molecular weight excluding hydrogens is 791 g/mol. The Morgan fingerprint density at radius 3 is 1.40 bits per heavy atom. The van der Waals surface area contributed by atoms with Crippen molar-refractivity contribution in [3.05, 3.63) is 199 Å². The van der Waals surface area contributed by atoms with Gasteiger partial charge in [-0.2, -0.15) is 9.97 Å². The van der Waals surface area contributed by atoms with Crippen molar-refractivity contribution >= 4 is 43.6 Å². The van der Waals surface area contributed by atoms with Crippen molar-refractivity contribution in [3.63, 3.8) is 0 Å². The number of fused-ring (bicyclic) bond motifs is 8. The van der Waals surface area contributed by atoms with E-state index in [2.05, 4.69) is 232 Å². The maximum absolute atomic E-state index is 5.43. The second kappa shape index (κ2) is 14.7. The van der Waals surface area contributed by atoms with Gasteiger partial charge in [0.15, 0.2) is 11.6 Å². The van der Waals surface area contributed by atoms with E-state index in [1.807, 2.05) is 0 Å². The first-order chi connectivity index (χ1) is 31.6. The molecule has 0 saturated heterocycles. The zero-order chi connectivity index (χ0) is 44.0. The normalized spacial score (nSPS) is 15.5. The lowest BCUT2D eigenvalue weighted by Crippen LogP contribution is -2.40. The van der Waals surface area contributed by atoms with Crippen LogP contribution in [0.4, 0.5) is 0 Å². The van der Waals surface area contributed by atoms with Crippen molar-refractivity contribution in [2.75, 3.05) is 0 Å². The van der Waals surface area contributed by atoms with Crippen molar-refractivity contribution < 1.29 is 0 Å². The fourth-order valence-corrected chi connectivity index (χ4v) is 10.8. The Labute approximate surface area is 379 Å². The van der Waals surface area contributed by atoms with Crippen LogP contribution in [0, 0.1) is 5.92 Å². The van der Waals surface area contributed by atoms with Gasteiger partial charge in [0, 0.05) is 38.4 Å². The fraction of sp³-hybridized carbons (Fsp3) is 0.150. The van der Waals surface area contributed by atoms with Crippen LogP contribution in [0.15, 0.2) is 188 Å². The summed E-state index contributed by atoms with van der Waals surface area (Å²) in [6, 6.07) is 67.5. The van der Waals surface area contributed by atoms with Crippen LogP contribution < -0.4 is 0 Å². The minimum atomic E-state index is 0.0273. The molecule has 0 fully saturated rings. The molecule has 8 aromatic carbocycles. The summed E-state index contributed by atoms with van der Waals surface area (Å²) in [4.78, 5) is 16.1. The highest BCUT2D eigenvalue weighted by atomic mass is 15.2. The third-order valence-corrected chi connectivity index (χ3v) is 14.5. The van der Waals surface area contributed by atoms with Gasteiger partial charge in [-0.05, 0) is 80.8 Å². The molecular formula is C60H49N5. The number of hydrogen-bond acceptors (Lipinski definition) is 3. The van der Waals surface area contributed by atoms with Crippen LogP contribution in [0.25, 0.3) is 100 Å². The Bertz CT molecular complexity index is 3510. The molecule has 11 aromatic rings. The van der Waals surface area contributed by atoms with Crippen LogP contribution in [-0.4, -0.2) is 24.1 Å². The van der Waals surface area contributed by atoms with Gasteiger partial charge in [0.2, 0.25) is 5.95 Å². The molecule has 0 spiro atoms. The molecule has 5 heteroatoms. The molecule has 0 saturated carbocycles. The molecule has 1 unspecified atom stereocenters. The van der Waals surface area contributed by atoms with Crippen LogP contribution in [0.2, 0.25) is 0 Å². The highest BCUT2D eigenvalue weighted by Crippen LogP contribution is 2.50. The summed E-state index contributed by atoms with van der Waals surface area (Å²) in [6.07, 6.45) is 1.14. The first-order valence-corrected chi connectivity index (χ1v) is 22.8. The van der Waals surface area contributed by atoms with Gasteiger partial charge in [-0.15, -0.1) is 0 Å². The lowest BCUT2D eigenvalue weighted by Gasteiger charge is -2.46. The monoisotopic (exact) mass is 839 g/mol. The molecule has 1 aliphatic rings. The number of nitrogens with zero attached hydrogens (tertiary/aromatic N) is 5. The second-order valence-corrected chi connectivity index (χ2v) is 19.2. The van der Waals surface area contributed by atoms with Gasteiger partial charge in [0.05, 0.1) is 22.1 Å². The summed E-state index contributed by atoms with van der Waals surface area (Å²) in [7, 11) is 0. The van der Waals surface area contributed by atoms with E-state index >= 15 is 0 Å². The van der Waals surface area contributed by atoms with E-state index in [4.69, 9.17) is 15.0 Å². The van der Waals surface area contributed by atoms with Crippen LogP contribution in [0.1, 0.15) is 52.2 Å². The summed E-state index contributed by atoms with van der Waals surface area (Å²) < 4.78 is 4.79. The minimum absolute atomic E-state index is 0.0273. The third kappa shape index (κ3) is 6.24. The van der Waals surface area contributed by atoms with Crippen LogP contribution in [0.3, 0.4) is 0 Å². The van der Waals surface area contributed by atoms with E-state index in [1.54, 1.807) is 0 Å². The molecule has 12 rings (SSSR count). The number of hydrogen-bond donors (Lipinski definition) is 0. The van der Waals surface area contributed by atoms with Crippen molar-refractivity contribution in [3.8, 4) is 56.7 Å². The standard InChI is InChI=1S/C60H49N5/c1-38-37-59(2,3)51-36-45(32-35-50(51)60(38,4)5)64-52-22-14-12-20-46(52)48-33-34-49-47-21-13-15-23-53(47)65(55(49)54(48)64)58-62-56(43-28-24-41(25-29-43)39-16-8-6-9-17-39)61-57(63-58)44-30-26-42(27-31-44)40-18-10-7-11-19-40/h6-36,38H,37H2,1-5H3. The number of rotatable bonds is 6. The molecule has 0 aliphatic heterocycles. The molecule has 5 nitrogen and oxygen atoms in total. The smallest absolute Gasteiger partial charge is 0.238 e. The molecule has 1 aliphatic carbocycles. The number of benzene rings is 8. The van der Waals surface area contributed by atoms with Gasteiger partial charge >= 0.3 is 0 Å². The molecule has 3 heterocycles. The third-order valence-electron chi connectivity index (χ3n) is 14.5. The van der Waals surface area contributed by atoms with Gasteiger partial charge in [-0.25, -0.2) is 4.98 Å². The first kappa shape index (κ1) is 39.0. The fourth-order valence-electron chi connectivity index (χ4n) is 10.8. The molecule has 3 aromatic heterocycles. The molecule has 1 atom stereocenters. The van der Waals surface area contributed by atoms with Gasteiger partial charge in [0.25, 0.3) is 0 Å². The highest BCUT2D eigenvalue weighted by molar-refractivity contribution is 6.23. The van der Waals surface area contributed by atoms with Gasteiger partial charge in [0.1, 0.15) is 0 Å². The van der Waals surface area contributed by atoms with Crippen molar-refractivity contribution in [2.45, 2.75) is 51.9 Å². The second-order valence-electron chi connectivity index (χ2n) is 19.2. The Morgan fingerprint density at radius 2 is 0.862 bits per heavy atom. The zero-order valence-electron chi connectivity index (χ0n) is 37.4. The molecule has 0 bridgehead atoms. The zero-order valence-corrected chi connectivity index (χ0v) is 37.4. The van der Waals surface area contributed by atoms with E-state index in [-0.39, 0.29) is 10.8 Å². The Kier molecular flexibility index (Phi) is 8.83. The lowest BCUT2D eigenvalue weighted by molar-refractivity contribution is 0.233. The largest absolute Gasteiger partial charge is 0.307 e. The van der Waals surface area contributed by atoms with Crippen molar-refractivity contribution in [1.82, 2.24) is 24.1 Å². The Balaban J connectivity index is 1.14. The molecule has 0 N–H and O–H groups in total. The molecule has 0 radical (unpaired) electrons. The molecule has 65 heavy (non-hydrogen) atoms. The first-order valence-electron chi connectivity index (χ1n) is 22.8. The predicted octanol–water partition coefficient (Wildman–Crippen LogP) is 15.3. The topological polar surface area (TPSA) is 48.5 Å². The van der Waals surface area contributed by atoms with Gasteiger partial charge < -0.3 is 4.57 Å². The number of para-hydroxylation sites is 2. The van der Waals surface area contributed by atoms with E-state index in [0.29, 0.717) is 23.5 Å². The lowest BCUT2D eigenvalue weighted by atomic mass is 9.58. The predicted molar refractivity (Wildman–Crippen MR) is 270 cm³/mol. The summed E-state index contributed by atoms with van der Waals surface area (Å²) in [5, 5.41) is 4.69. The highest BCUT2D eigenvalue weighted by Gasteiger charge is 2.42. The van der Waals surface area contributed by atoms with E-state index < -0.39 is 0 Å². The van der Waals surface area contributed by atoms with Crippen molar-refractivity contribution in [2.24, 2.45) is 5.92 Å². The van der Waals surface area contributed by atoms with Crippen LogP contribution >= 0.6 is 0 Å². The van der Waals surface area contributed by atoms with E-state index in [0.717, 1.165) is 61.7 Å². The van der Waals surface area contributed by atoms with E-state index in [9.17, 15) is 0 Å².